The third-order valence-electron chi connectivity index (χ3n) is 11.5. The van der Waals surface area contributed by atoms with Gasteiger partial charge in [-0.3, -0.25) is 0 Å². The second-order valence-corrected chi connectivity index (χ2v) is 15.9. The molecule has 0 aliphatic rings. The van der Waals surface area contributed by atoms with Gasteiger partial charge in [0, 0.05) is 59.3 Å². The highest BCUT2D eigenvalue weighted by Gasteiger charge is 2.24. The van der Waals surface area contributed by atoms with Crippen LogP contribution >= 0.6 is 11.3 Å². The van der Waals surface area contributed by atoms with Crippen LogP contribution in [0.5, 0.6) is 0 Å². The Kier molecular flexibility index (Phi) is 7.40. The first-order valence-electron chi connectivity index (χ1n) is 19.6. The minimum absolute atomic E-state index is 0.847. The monoisotopic (exact) mass is 759 g/mol. The van der Waals surface area contributed by atoms with Crippen LogP contribution in [0.2, 0.25) is 0 Å². The molecule has 272 valence electrons. The number of fused-ring (bicyclic) bond motifs is 9. The molecule has 58 heavy (non-hydrogen) atoms. The Balaban J connectivity index is 1.15. The summed E-state index contributed by atoms with van der Waals surface area (Å²) in [7, 11) is 0. The zero-order valence-corrected chi connectivity index (χ0v) is 32.0. The van der Waals surface area contributed by atoms with E-state index in [0.717, 1.165) is 72.1 Å². The molecule has 0 atom stereocenters. The molecule has 0 fully saturated rings. The lowest BCUT2D eigenvalue weighted by Crippen LogP contribution is -2.10. The maximum absolute atomic E-state index is 6.80. The largest absolute Gasteiger partial charge is 0.456 e. The van der Waals surface area contributed by atoms with E-state index in [1.807, 2.05) is 29.5 Å². The number of thiophene rings is 1. The summed E-state index contributed by atoms with van der Waals surface area (Å²) < 4.78 is 15.8. The zero-order chi connectivity index (χ0) is 38.2. The average molecular weight is 760 g/mol. The van der Waals surface area contributed by atoms with E-state index in [2.05, 4.69) is 187 Å². The Hall–Kier alpha value is -7.40. The van der Waals surface area contributed by atoms with Crippen molar-refractivity contribution in [3.63, 3.8) is 0 Å². The summed E-state index contributed by atoms with van der Waals surface area (Å²) in [6.07, 6.45) is 0. The third-order valence-corrected chi connectivity index (χ3v) is 12.6. The number of hydrogen-bond donors (Lipinski definition) is 0. The van der Waals surface area contributed by atoms with E-state index in [9.17, 15) is 0 Å². The Labute approximate surface area is 338 Å². The fraction of sp³-hybridized carbons (Fsp3) is 0. The average Bonchev–Trinajstić information content (AvgIpc) is 3.98. The van der Waals surface area contributed by atoms with Gasteiger partial charge in [0.05, 0.1) is 11.1 Å². The van der Waals surface area contributed by atoms with Crippen LogP contribution in [-0.4, -0.2) is 0 Å². The van der Waals surface area contributed by atoms with Gasteiger partial charge in [0.2, 0.25) is 0 Å². The number of rotatable bonds is 6. The first-order valence-corrected chi connectivity index (χ1v) is 20.4. The fourth-order valence-corrected chi connectivity index (χ4v) is 9.95. The van der Waals surface area contributed by atoms with Gasteiger partial charge < -0.3 is 13.7 Å². The van der Waals surface area contributed by atoms with Gasteiger partial charge in [0.25, 0.3) is 0 Å². The van der Waals surface area contributed by atoms with Crippen LogP contribution in [0.4, 0.5) is 17.1 Å². The summed E-state index contributed by atoms with van der Waals surface area (Å²) in [6.45, 7) is 0. The standard InChI is InChI=1S/C54H33NO2S/c1-4-14-34(15-5-1)37-30-44(36-18-8-3-9-19-36)52-45-32-38(25-29-50(45)58-51(52)31-37)55(39-24-26-42-41-20-10-12-22-47(41)56-49(42)33-39)46-28-27-40(35-16-6-2-7-17-35)54-53(46)43-21-11-13-23-48(43)57-54/h1-33H. The van der Waals surface area contributed by atoms with Crippen molar-refractivity contribution in [2.75, 3.05) is 4.90 Å². The van der Waals surface area contributed by atoms with Crippen molar-refractivity contribution in [2.24, 2.45) is 0 Å². The first kappa shape index (κ1) is 32.8. The normalized spacial score (nSPS) is 11.8. The minimum atomic E-state index is 0.847. The summed E-state index contributed by atoms with van der Waals surface area (Å²) >= 11 is 1.85. The van der Waals surface area contributed by atoms with Crippen LogP contribution < -0.4 is 4.90 Å². The minimum Gasteiger partial charge on any atom is -0.456 e. The van der Waals surface area contributed by atoms with Gasteiger partial charge in [0.15, 0.2) is 0 Å². The van der Waals surface area contributed by atoms with Crippen molar-refractivity contribution in [1.29, 1.82) is 0 Å². The van der Waals surface area contributed by atoms with E-state index in [0.29, 0.717) is 0 Å². The van der Waals surface area contributed by atoms with Crippen molar-refractivity contribution < 1.29 is 8.83 Å². The lowest BCUT2D eigenvalue weighted by atomic mass is 9.94. The molecule has 0 radical (unpaired) electrons. The van der Waals surface area contributed by atoms with E-state index in [-0.39, 0.29) is 0 Å². The molecule has 0 aliphatic carbocycles. The Morgan fingerprint density at radius 2 is 0.948 bits per heavy atom. The second-order valence-electron chi connectivity index (χ2n) is 14.8. The van der Waals surface area contributed by atoms with Gasteiger partial charge in [-0.2, -0.15) is 0 Å². The number of nitrogens with zero attached hydrogens (tertiary/aromatic N) is 1. The molecule has 3 aromatic heterocycles. The van der Waals surface area contributed by atoms with E-state index >= 15 is 0 Å². The first-order chi connectivity index (χ1) is 28.7. The maximum Gasteiger partial charge on any atom is 0.145 e. The summed E-state index contributed by atoms with van der Waals surface area (Å²) in [5.74, 6) is 0. The highest BCUT2D eigenvalue weighted by Crippen LogP contribution is 2.49. The van der Waals surface area contributed by atoms with Crippen LogP contribution in [0.25, 0.3) is 97.4 Å². The van der Waals surface area contributed by atoms with E-state index in [4.69, 9.17) is 8.83 Å². The molecule has 0 spiro atoms. The third kappa shape index (κ3) is 5.19. The number of anilines is 3. The predicted molar refractivity (Wildman–Crippen MR) is 245 cm³/mol. The summed E-state index contributed by atoms with van der Waals surface area (Å²) in [4.78, 5) is 2.38. The molecule has 3 heterocycles. The summed E-state index contributed by atoms with van der Waals surface area (Å²) in [5.41, 5.74) is 13.6. The second kappa shape index (κ2) is 13.1. The highest BCUT2D eigenvalue weighted by atomic mass is 32.1. The molecule has 4 heteroatoms. The van der Waals surface area contributed by atoms with E-state index in [1.165, 1.54) is 42.4 Å². The van der Waals surface area contributed by atoms with Crippen molar-refractivity contribution in [2.45, 2.75) is 0 Å². The molecule has 0 saturated carbocycles. The van der Waals surface area contributed by atoms with Crippen LogP contribution in [0, 0.1) is 0 Å². The quantitative estimate of drug-likeness (QED) is 0.169. The molecule has 0 saturated heterocycles. The molecule has 0 aliphatic heterocycles. The Bertz CT molecular complexity index is 3510. The van der Waals surface area contributed by atoms with Crippen LogP contribution in [0.1, 0.15) is 0 Å². The van der Waals surface area contributed by atoms with Gasteiger partial charge in [-0.05, 0) is 94.5 Å². The van der Waals surface area contributed by atoms with E-state index in [1.54, 1.807) is 0 Å². The smallest absolute Gasteiger partial charge is 0.145 e. The lowest BCUT2D eigenvalue weighted by molar-refractivity contribution is 0.669. The molecule has 0 bridgehead atoms. The highest BCUT2D eigenvalue weighted by molar-refractivity contribution is 7.26. The number of benzene rings is 9. The molecule has 0 amide bonds. The number of furan rings is 2. The Morgan fingerprint density at radius 3 is 1.71 bits per heavy atom. The molecule has 9 aromatic carbocycles. The van der Waals surface area contributed by atoms with Crippen LogP contribution in [0.3, 0.4) is 0 Å². The van der Waals surface area contributed by atoms with Gasteiger partial charge in [-0.1, -0.05) is 127 Å². The Morgan fingerprint density at radius 1 is 0.345 bits per heavy atom. The molecular formula is C54H33NO2S. The van der Waals surface area contributed by atoms with Gasteiger partial charge >= 0.3 is 0 Å². The fourth-order valence-electron chi connectivity index (χ4n) is 8.80. The summed E-state index contributed by atoms with van der Waals surface area (Å²) in [5, 5.41) is 6.83. The van der Waals surface area contributed by atoms with Crippen LogP contribution in [0.15, 0.2) is 209 Å². The lowest BCUT2D eigenvalue weighted by Gasteiger charge is -2.27. The maximum atomic E-state index is 6.80. The topological polar surface area (TPSA) is 29.5 Å². The molecule has 3 nitrogen and oxygen atoms in total. The van der Waals surface area contributed by atoms with Crippen molar-refractivity contribution in [1.82, 2.24) is 0 Å². The number of hydrogen-bond acceptors (Lipinski definition) is 4. The van der Waals surface area contributed by atoms with Gasteiger partial charge in [-0.25, -0.2) is 0 Å². The molecular weight excluding hydrogens is 727 g/mol. The van der Waals surface area contributed by atoms with Crippen LogP contribution in [-0.2, 0) is 0 Å². The predicted octanol–water partition coefficient (Wildman–Crippen LogP) is 16.3. The van der Waals surface area contributed by atoms with Gasteiger partial charge in [0.1, 0.15) is 22.3 Å². The molecule has 12 rings (SSSR count). The van der Waals surface area contributed by atoms with Crippen molar-refractivity contribution in [3.8, 4) is 33.4 Å². The summed E-state index contributed by atoms with van der Waals surface area (Å²) in [6, 6.07) is 71.4. The zero-order valence-electron chi connectivity index (χ0n) is 31.2. The van der Waals surface area contributed by atoms with Crippen molar-refractivity contribution in [3.05, 3.63) is 200 Å². The molecule has 12 aromatic rings. The van der Waals surface area contributed by atoms with Crippen molar-refractivity contribution >= 4 is 92.4 Å². The SMILES string of the molecule is c1ccc(-c2cc(-c3ccccc3)c3c(c2)sc2ccc(N(c4ccc5c(c4)oc4ccccc45)c4ccc(-c5ccccc5)c5oc6ccccc6c45)cc23)cc1. The molecule has 0 unspecified atom stereocenters. The molecule has 0 N–H and O–H groups in total. The number of para-hydroxylation sites is 2. The van der Waals surface area contributed by atoms with Gasteiger partial charge in [-0.15, -0.1) is 11.3 Å². The van der Waals surface area contributed by atoms with E-state index < -0.39 is 0 Å².